The molecule has 0 aromatic heterocycles. The Morgan fingerprint density at radius 2 is 1.45 bits per heavy atom. The zero-order valence-electron chi connectivity index (χ0n) is 22.8. The van der Waals surface area contributed by atoms with Crippen molar-refractivity contribution in [1.82, 2.24) is 9.91 Å². The average molecular weight is 510 g/mol. The first kappa shape index (κ1) is 24.8. The summed E-state index contributed by atoms with van der Waals surface area (Å²) in [5, 5.41) is 29.0. The van der Waals surface area contributed by atoms with Crippen molar-refractivity contribution in [2.24, 2.45) is 28.3 Å². The van der Waals surface area contributed by atoms with Crippen LogP contribution in [0.1, 0.15) is 44.7 Å². The van der Waals surface area contributed by atoms with E-state index in [1.807, 2.05) is 41.4 Å². The monoisotopic (exact) mass is 509 g/mol. The molecule has 2 aromatic rings. The lowest BCUT2D eigenvalue weighted by molar-refractivity contribution is 0.0309. The van der Waals surface area contributed by atoms with Crippen molar-refractivity contribution in [2.45, 2.75) is 50.7 Å². The standard InChI is InChI=1S/C31H35N5O2/c1-20-28(35-16-6-7-17-35)30(18-32,19-33)36-31(20,22-10-14-24(38-5)15-11-22)27-25(29(27,2)3)26(34-36)21-8-12-23(37-4)13-9-21/h8-15,20,25,27-28H,6-7,16-17H2,1-5H3/t20-,25-,27+,28+,31-/m1/s1. The molecule has 3 aliphatic heterocycles. The van der Waals surface area contributed by atoms with Gasteiger partial charge in [0.15, 0.2) is 0 Å². The van der Waals surface area contributed by atoms with Crippen molar-refractivity contribution in [2.75, 3.05) is 27.3 Å². The normalized spacial score (nSPS) is 32.4. The lowest BCUT2D eigenvalue weighted by Crippen LogP contribution is -2.56. The summed E-state index contributed by atoms with van der Waals surface area (Å²) in [6.45, 7) is 8.67. The first-order valence-electron chi connectivity index (χ1n) is 13.6. The molecule has 6 rings (SSSR count). The van der Waals surface area contributed by atoms with Gasteiger partial charge in [0.05, 0.1) is 31.5 Å². The summed E-state index contributed by atoms with van der Waals surface area (Å²) < 4.78 is 10.9. The molecule has 3 heterocycles. The van der Waals surface area contributed by atoms with Crippen molar-refractivity contribution >= 4 is 5.71 Å². The minimum atomic E-state index is -1.41. The van der Waals surface area contributed by atoms with Crippen LogP contribution in [0.4, 0.5) is 0 Å². The number of fused-ring (bicyclic) bond motifs is 3. The van der Waals surface area contributed by atoms with E-state index in [1.54, 1.807) is 14.2 Å². The SMILES string of the molecule is COc1ccc(C2=NN3C(C#N)(C#N)[C@@H](N4CCCC4)[C@@H](C)[C@@]3(c3ccc(OC)cc3)[C@H]3[C@@H]2C3(C)C)cc1. The molecule has 1 aliphatic carbocycles. The minimum Gasteiger partial charge on any atom is -0.497 e. The summed E-state index contributed by atoms with van der Waals surface area (Å²) >= 11 is 0. The Balaban J connectivity index is 1.62. The number of hydrogen-bond donors (Lipinski definition) is 0. The van der Waals surface area contributed by atoms with E-state index >= 15 is 0 Å². The van der Waals surface area contributed by atoms with Crippen LogP contribution in [0.5, 0.6) is 11.5 Å². The molecule has 0 bridgehead atoms. The first-order valence-corrected chi connectivity index (χ1v) is 13.6. The van der Waals surface area contributed by atoms with Gasteiger partial charge in [0.1, 0.15) is 23.6 Å². The van der Waals surface area contributed by atoms with E-state index in [2.05, 4.69) is 49.9 Å². The number of likely N-dealkylation sites (tertiary alicyclic amines) is 1. The third-order valence-electron chi connectivity index (χ3n) is 9.90. The van der Waals surface area contributed by atoms with Gasteiger partial charge in [-0.2, -0.15) is 15.6 Å². The third-order valence-corrected chi connectivity index (χ3v) is 9.90. The predicted octanol–water partition coefficient (Wildman–Crippen LogP) is 4.79. The van der Waals surface area contributed by atoms with Crippen LogP contribution in [0, 0.1) is 45.8 Å². The number of methoxy groups -OCH3 is 2. The summed E-state index contributed by atoms with van der Waals surface area (Å²) in [5.41, 5.74) is 0.978. The van der Waals surface area contributed by atoms with Gasteiger partial charge < -0.3 is 9.47 Å². The van der Waals surface area contributed by atoms with Crippen molar-refractivity contribution in [1.29, 1.82) is 10.5 Å². The Morgan fingerprint density at radius 3 is 1.97 bits per heavy atom. The fraction of sp³-hybridized carbons (Fsp3) is 0.516. The Hall–Kier alpha value is -3.55. The molecule has 4 aliphatic rings. The number of hydrogen-bond acceptors (Lipinski definition) is 7. The molecule has 38 heavy (non-hydrogen) atoms. The highest BCUT2D eigenvalue weighted by atomic mass is 16.5. The lowest BCUT2D eigenvalue weighted by atomic mass is 9.71. The van der Waals surface area contributed by atoms with Crippen molar-refractivity contribution < 1.29 is 9.47 Å². The van der Waals surface area contributed by atoms with Gasteiger partial charge in [-0.3, -0.25) is 9.91 Å². The number of hydrazone groups is 1. The number of ether oxygens (including phenoxy) is 2. The maximum Gasteiger partial charge on any atom is 0.246 e. The molecule has 196 valence electrons. The van der Waals surface area contributed by atoms with E-state index in [0.717, 1.165) is 54.3 Å². The molecule has 0 unspecified atom stereocenters. The molecular weight excluding hydrogens is 474 g/mol. The van der Waals surface area contributed by atoms with Gasteiger partial charge in [-0.05, 0) is 78.9 Å². The fourth-order valence-electron chi connectivity index (χ4n) is 8.20. The topological polar surface area (TPSA) is 84.9 Å². The van der Waals surface area contributed by atoms with Gasteiger partial charge >= 0.3 is 0 Å². The lowest BCUT2D eigenvalue weighted by Gasteiger charge is -2.46. The summed E-state index contributed by atoms with van der Waals surface area (Å²) in [5.74, 6) is 1.96. The van der Waals surface area contributed by atoms with E-state index in [9.17, 15) is 10.5 Å². The second-order valence-corrected chi connectivity index (χ2v) is 11.8. The van der Waals surface area contributed by atoms with Crippen LogP contribution in [0.25, 0.3) is 0 Å². The molecule has 2 aromatic carbocycles. The maximum atomic E-state index is 10.9. The molecule has 2 saturated heterocycles. The largest absolute Gasteiger partial charge is 0.497 e. The summed E-state index contributed by atoms with van der Waals surface area (Å²) in [6.07, 6.45) is 2.17. The van der Waals surface area contributed by atoms with Gasteiger partial charge in [-0.25, -0.2) is 0 Å². The zero-order valence-corrected chi connectivity index (χ0v) is 22.8. The summed E-state index contributed by atoms with van der Waals surface area (Å²) in [6, 6.07) is 21.0. The minimum absolute atomic E-state index is 0.00346. The molecule has 1 saturated carbocycles. The van der Waals surface area contributed by atoms with E-state index in [4.69, 9.17) is 14.6 Å². The highest BCUT2D eigenvalue weighted by Gasteiger charge is 2.81. The summed E-state index contributed by atoms with van der Waals surface area (Å²) in [4.78, 5) is 2.38. The smallest absolute Gasteiger partial charge is 0.246 e. The van der Waals surface area contributed by atoms with E-state index < -0.39 is 11.1 Å². The average Bonchev–Trinajstić information content (AvgIpc) is 3.26. The van der Waals surface area contributed by atoms with Crippen molar-refractivity contribution in [3.63, 3.8) is 0 Å². The molecule has 0 amide bonds. The number of nitriles is 2. The first-order chi connectivity index (χ1) is 18.3. The fourth-order valence-corrected chi connectivity index (χ4v) is 8.20. The summed E-state index contributed by atoms with van der Waals surface area (Å²) in [7, 11) is 3.33. The van der Waals surface area contributed by atoms with Gasteiger partial charge in [-0.1, -0.05) is 32.9 Å². The van der Waals surface area contributed by atoms with Crippen LogP contribution in [-0.4, -0.2) is 54.5 Å². The molecule has 3 fully saturated rings. The quantitative estimate of drug-likeness (QED) is 0.576. The van der Waals surface area contributed by atoms with Gasteiger partial charge in [0.25, 0.3) is 0 Å². The Bertz CT molecular complexity index is 1330. The van der Waals surface area contributed by atoms with Crippen molar-refractivity contribution in [3.8, 4) is 23.6 Å². The Kier molecular flexibility index (Phi) is 5.53. The Morgan fingerprint density at radius 1 is 0.895 bits per heavy atom. The molecule has 0 radical (unpaired) electrons. The van der Waals surface area contributed by atoms with Crippen LogP contribution in [-0.2, 0) is 5.54 Å². The van der Waals surface area contributed by atoms with Crippen LogP contribution in [0.2, 0.25) is 0 Å². The predicted molar refractivity (Wildman–Crippen MR) is 145 cm³/mol. The molecular formula is C31H35N5O2. The highest BCUT2D eigenvalue weighted by molar-refractivity contribution is 6.05. The molecule has 7 nitrogen and oxygen atoms in total. The molecule has 5 atom stereocenters. The van der Waals surface area contributed by atoms with Gasteiger partial charge in [0, 0.05) is 17.8 Å². The van der Waals surface area contributed by atoms with Crippen LogP contribution >= 0.6 is 0 Å². The van der Waals surface area contributed by atoms with Crippen molar-refractivity contribution in [3.05, 3.63) is 59.7 Å². The van der Waals surface area contributed by atoms with Crippen LogP contribution < -0.4 is 9.47 Å². The van der Waals surface area contributed by atoms with E-state index in [1.165, 1.54) is 0 Å². The highest BCUT2D eigenvalue weighted by Crippen LogP contribution is 2.75. The number of nitrogens with zero attached hydrogens (tertiary/aromatic N) is 5. The van der Waals surface area contributed by atoms with Gasteiger partial charge in [-0.15, -0.1) is 0 Å². The second-order valence-electron chi connectivity index (χ2n) is 11.8. The molecule has 7 heteroatoms. The molecule has 0 N–H and O–H groups in total. The Labute approximate surface area is 225 Å². The maximum absolute atomic E-state index is 10.9. The second kappa shape index (κ2) is 8.48. The third kappa shape index (κ3) is 3.00. The van der Waals surface area contributed by atoms with E-state index in [-0.39, 0.29) is 29.2 Å². The number of rotatable bonds is 5. The number of benzene rings is 2. The molecule has 0 spiro atoms. The van der Waals surface area contributed by atoms with Crippen LogP contribution in [0.3, 0.4) is 0 Å². The zero-order chi connectivity index (χ0) is 26.9. The van der Waals surface area contributed by atoms with Crippen LogP contribution in [0.15, 0.2) is 53.6 Å². The van der Waals surface area contributed by atoms with E-state index in [0.29, 0.717) is 0 Å². The van der Waals surface area contributed by atoms with Gasteiger partial charge in [0.2, 0.25) is 5.54 Å².